The molecule has 1 unspecified atom stereocenters. The molecule has 1 atom stereocenters. The van der Waals surface area contributed by atoms with Gasteiger partial charge in [-0.2, -0.15) is 0 Å². The maximum Gasteiger partial charge on any atom is 0.244 e. The highest BCUT2D eigenvalue weighted by Gasteiger charge is 2.08. The van der Waals surface area contributed by atoms with Gasteiger partial charge >= 0.3 is 0 Å². The number of amides is 1. The van der Waals surface area contributed by atoms with E-state index in [1.54, 1.807) is 12.3 Å². The molecule has 0 aliphatic rings. The number of halogens is 1. The number of rotatable bonds is 5. The van der Waals surface area contributed by atoms with Crippen LogP contribution in [0, 0.1) is 5.82 Å². The number of pyridine rings is 1. The molecule has 2 aromatic carbocycles. The average molecular weight is 336 g/mol. The minimum atomic E-state index is -0.889. The predicted molar refractivity (Wildman–Crippen MR) is 95.1 cm³/mol. The molecule has 1 aromatic heterocycles. The van der Waals surface area contributed by atoms with Gasteiger partial charge in [-0.1, -0.05) is 30.3 Å². The van der Waals surface area contributed by atoms with Crippen LogP contribution in [0.1, 0.15) is 17.2 Å². The summed E-state index contributed by atoms with van der Waals surface area (Å²) in [4.78, 5) is 16.2. The van der Waals surface area contributed by atoms with Gasteiger partial charge in [-0.25, -0.2) is 4.39 Å². The Morgan fingerprint density at radius 2 is 1.92 bits per heavy atom. The van der Waals surface area contributed by atoms with Crippen LogP contribution in [-0.2, 0) is 4.79 Å². The molecule has 126 valence electrons. The Balaban J connectivity index is 1.62. The molecule has 3 aromatic rings. The largest absolute Gasteiger partial charge is 0.387 e. The number of para-hydroxylation sites is 1. The fourth-order valence-electron chi connectivity index (χ4n) is 2.49. The van der Waals surface area contributed by atoms with Crippen LogP contribution in [0.15, 0.2) is 66.9 Å². The minimum Gasteiger partial charge on any atom is -0.387 e. The second-order valence-corrected chi connectivity index (χ2v) is 5.56. The van der Waals surface area contributed by atoms with E-state index < -0.39 is 6.10 Å². The highest BCUT2D eigenvalue weighted by atomic mass is 19.1. The van der Waals surface area contributed by atoms with Gasteiger partial charge in [-0.05, 0) is 41.5 Å². The van der Waals surface area contributed by atoms with Gasteiger partial charge in [-0.3, -0.25) is 9.78 Å². The fourth-order valence-corrected chi connectivity index (χ4v) is 2.49. The first-order valence-electron chi connectivity index (χ1n) is 7.86. The summed E-state index contributed by atoms with van der Waals surface area (Å²) in [7, 11) is 0. The Kier molecular flexibility index (Phi) is 5.16. The number of fused-ring (bicyclic) bond motifs is 1. The molecule has 5 heteroatoms. The summed E-state index contributed by atoms with van der Waals surface area (Å²) in [5.74, 6) is -0.686. The number of benzene rings is 2. The van der Waals surface area contributed by atoms with Crippen molar-refractivity contribution in [2.24, 2.45) is 0 Å². The molecule has 0 aliphatic carbocycles. The van der Waals surface area contributed by atoms with E-state index in [2.05, 4.69) is 10.3 Å². The van der Waals surface area contributed by atoms with Crippen molar-refractivity contribution in [3.63, 3.8) is 0 Å². The van der Waals surface area contributed by atoms with E-state index in [0.29, 0.717) is 5.56 Å². The van der Waals surface area contributed by atoms with Crippen LogP contribution in [0.3, 0.4) is 0 Å². The van der Waals surface area contributed by atoms with Crippen molar-refractivity contribution in [2.75, 3.05) is 6.54 Å². The molecule has 2 N–H and O–H groups in total. The summed E-state index contributed by atoms with van der Waals surface area (Å²) in [6, 6.07) is 15.0. The van der Waals surface area contributed by atoms with Gasteiger partial charge in [0, 0.05) is 24.2 Å². The van der Waals surface area contributed by atoms with Crippen molar-refractivity contribution in [3.8, 4) is 0 Å². The van der Waals surface area contributed by atoms with E-state index >= 15 is 0 Å². The number of nitrogens with zero attached hydrogens (tertiary/aromatic N) is 1. The van der Waals surface area contributed by atoms with Crippen molar-refractivity contribution in [1.82, 2.24) is 10.3 Å². The lowest BCUT2D eigenvalue weighted by Crippen LogP contribution is -2.26. The Morgan fingerprint density at radius 1 is 1.16 bits per heavy atom. The van der Waals surface area contributed by atoms with Gasteiger partial charge in [0.1, 0.15) is 5.82 Å². The normalized spacial score (nSPS) is 12.4. The van der Waals surface area contributed by atoms with E-state index in [-0.39, 0.29) is 18.3 Å². The molecule has 1 heterocycles. The summed E-state index contributed by atoms with van der Waals surface area (Å²) in [6.07, 6.45) is 3.93. The molecular formula is C20H17FN2O2. The molecule has 3 rings (SSSR count). The molecule has 0 fully saturated rings. The minimum absolute atomic E-state index is 0.0475. The van der Waals surface area contributed by atoms with Gasteiger partial charge in [0.15, 0.2) is 0 Å². The Hall–Kier alpha value is -3.05. The number of hydrogen-bond acceptors (Lipinski definition) is 3. The number of hydrogen-bond donors (Lipinski definition) is 2. The molecule has 0 aliphatic heterocycles. The van der Waals surface area contributed by atoms with Gasteiger partial charge < -0.3 is 10.4 Å². The zero-order valence-corrected chi connectivity index (χ0v) is 13.4. The van der Waals surface area contributed by atoms with E-state index in [4.69, 9.17) is 0 Å². The summed E-state index contributed by atoms with van der Waals surface area (Å²) < 4.78 is 12.9. The molecule has 0 saturated heterocycles. The van der Waals surface area contributed by atoms with Gasteiger partial charge in [0.05, 0.1) is 11.6 Å². The predicted octanol–water partition coefficient (Wildman–Crippen LogP) is 3.24. The molecule has 0 spiro atoms. The van der Waals surface area contributed by atoms with Crippen LogP contribution in [-0.4, -0.2) is 22.5 Å². The first kappa shape index (κ1) is 16.8. The lowest BCUT2D eigenvalue weighted by molar-refractivity contribution is -0.116. The molecule has 0 bridgehead atoms. The lowest BCUT2D eigenvalue weighted by atomic mass is 10.1. The summed E-state index contributed by atoms with van der Waals surface area (Å²) in [5, 5.41) is 13.6. The second kappa shape index (κ2) is 7.68. The number of carbonyl (C=O) groups is 1. The maximum atomic E-state index is 12.9. The van der Waals surface area contributed by atoms with Gasteiger partial charge in [0.25, 0.3) is 0 Å². The number of carbonyl (C=O) groups excluding carboxylic acids is 1. The van der Waals surface area contributed by atoms with Crippen LogP contribution in [0.4, 0.5) is 4.39 Å². The lowest BCUT2D eigenvalue weighted by Gasteiger charge is -2.11. The van der Waals surface area contributed by atoms with Crippen LogP contribution < -0.4 is 5.32 Å². The van der Waals surface area contributed by atoms with Crippen molar-refractivity contribution >= 4 is 22.9 Å². The molecule has 1 amide bonds. The first-order valence-corrected chi connectivity index (χ1v) is 7.86. The third-order valence-electron chi connectivity index (χ3n) is 3.82. The second-order valence-electron chi connectivity index (χ2n) is 5.56. The summed E-state index contributed by atoms with van der Waals surface area (Å²) in [6.45, 7) is 0.0475. The summed E-state index contributed by atoms with van der Waals surface area (Å²) in [5.41, 5.74) is 2.29. The zero-order chi connectivity index (χ0) is 17.6. The monoisotopic (exact) mass is 336 g/mol. The van der Waals surface area contributed by atoms with Gasteiger partial charge in [0.2, 0.25) is 5.91 Å². The maximum absolute atomic E-state index is 12.9. The van der Waals surface area contributed by atoms with Crippen molar-refractivity contribution in [3.05, 3.63) is 83.8 Å². The number of aliphatic hydroxyl groups excluding tert-OH is 1. The molecule has 25 heavy (non-hydrogen) atoms. The SMILES string of the molecule is O=C(/C=C/c1ccnc2ccccc12)NCC(O)c1ccc(F)cc1. The number of aromatic nitrogens is 1. The molecule has 0 radical (unpaired) electrons. The smallest absolute Gasteiger partial charge is 0.244 e. The third kappa shape index (κ3) is 4.28. The Labute approximate surface area is 144 Å². The Morgan fingerprint density at radius 3 is 2.72 bits per heavy atom. The zero-order valence-electron chi connectivity index (χ0n) is 13.4. The highest BCUT2D eigenvalue weighted by Crippen LogP contribution is 2.17. The van der Waals surface area contributed by atoms with Crippen LogP contribution in [0.2, 0.25) is 0 Å². The third-order valence-corrected chi connectivity index (χ3v) is 3.82. The quantitative estimate of drug-likeness (QED) is 0.703. The van der Waals surface area contributed by atoms with Crippen LogP contribution >= 0.6 is 0 Å². The highest BCUT2D eigenvalue weighted by molar-refractivity contribution is 5.95. The number of aliphatic hydroxyl groups is 1. The fraction of sp³-hybridized carbons (Fsp3) is 0.100. The van der Waals surface area contributed by atoms with Crippen LogP contribution in [0.5, 0.6) is 0 Å². The van der Waals surface area contributed by atoms with Crippen molar-refractivity contribution in [2.45, 2.75) is 6.10 Å². The number of nitrogens with one attached hydrogen (secondary N) is 1. The van der Waals surface area contributed by atoms with Crippen molar-refractivity contribution < 1.29 is 14.3 Å². The topological polar surface area (TPSA) is 62.2 Å². The van der Waals surface area contributed by atoms with Gasteiger partial charge in [-0.15, -0.1) is 0 Å². The van der Waals surface area contributed by atoms with E-state index in [0.717, 1.165) is 16.5 Å². The average Bonchev–Trinajstić information content (AvgIpc) is 2.65. The van der Waals surface area contributed by atoms with E-state index in [1.165, 1.54) is 30.3 Å². The molecular weight excluding hydrogens is 319 g/mol. The van der Waals surface area contributed by atoms with Crippen LogP contribution in [0.25, 0.3) is 17.0 Å². The summed E-state index contributed by atoms with van der Waals surface area (Å²) >= 11 is 0. The van der Waals surface area contributed by atoms with E-state index in [1.807, 2.05) is 30.3 Å². The standard InChI is InChI=1S/C20H17FN2O2/c21-16-8-5-15(6-9-16)19(24)13-23-20(25)10-7-14-11-12-22-18-4-2-1-3-17(14)18/h1-12,19,24H,13H2,(H,23,25)/b10-7+. The Bertz CT molecular complexity index is 902. The molecule has 0 saturated carbocycles. The van der Waals surface area contributed by atoms with Crippen molar-refractivity contribution in [1.29, 1.82) is 0 Å². The first-order chi connectivity index (χ1) is 12.1. The molecule has 4 nitrogen and oxygen atoms in total. The van der Waals surface area contributed by atoms with E-state index in [9.17, 15) is 14.3 Å².